The Labute approximate surface area is 186 Å². The van der Waals surface area contributed by atoms with E-state index in [1.165, 1.54) is 18.3 Å². The van der Waals surface area contributed by atoms with Crippen LogP contribution in [0.3, 0.4) is 0 Å². The van der Waals surface area contributed by atoms with Crippen molar-refractivity contribution in [1.29, 1.82) is 0 Å². The molecule has 2 N–H and O–H groups in total. The lowest BCUT2D eigenvalue weighted by atomic mass is 10.2. The zero-order valence-corrected chi connectivity index (χ0v) is 18.7. The number of sulfonamides is 1. The van der Waals surface area contributed by atoms with E-state index in [1.54, 1.807) is 24.3 Å². The summed E-state index contributed by atoms with van der Waals surface area (Å²) >= 11 is 0. The minimum Gasteiger partial charge on any atom is -0.484 e. The fourth-order valence-electron chi connectivity index (χ4n) is 2.51. The molecule has 0 aromatic heterocycles. The maximum atomic E-state index is 13.1. The van der Waals surface area contributed by atoms with Crippen LogP contribution in [0.2, 0.25) is 0 Å². The van der Waals surface area contributed by atoms with E-state index in [-0.39, 0.29) is 24.2 Å². The molecule has 0 saturated heterocycles. The molecule has 0 aliphatic heterocycles. The smallest absolute Gasteiger partial charge is 0.260 e. The summed E-state index contributed by atoms with van der Waals surface area (Å²) < 4.78 is 43.3. The maximum Gasteiger partial charge on any atom is 0.260 e. The van der Waals surface area contributed by atoms with Crippen LogP contribution in [0.1, 0.15) is 19.4 Å². The third-order valence-electron chi connectivity index (χ3n) is 3.90. The Balaban J connectivity index is 1.90. The van der Waals surface area contributed by atoms with Crippen LogP contribution >= 0.6 is 0 Å². The van der Waals surface area contributed by atoms with Crippen LogP contribution in [0, 0.1) is 5.82 Å². The van der Waals surface area contributed by atoms with E-state index in [4.69, 9.17) is 4.74 Å². The first-order chi connectivity index (χ1) is 15.0. The summed E-state index contributed by atoms with van der Waals surface area (Å²) in [6.07, 6.45) is 2.32. The van der Waals surface area contributed by atoms with Crippen molar-refractivity contribution in [3.63, 3.8) is 0 Å². The summed E-state index contributed by atoms with van der Waals surface area (Å²) in [7, 11) is -3.77. The Kier molecular flexibility index (Phi) is 8.71. The van der Waals surface area contributed by atoms with Gasteiger partial charge in [0.05, 0.1) is 18.2 Å². The lowest BCUT2D eigenvalue weighted by Crippen LogP contribution is -2.39. The monoisotopic (exact) mass is 464 g/mol. The highest BCUT2D eigenvalue weighted by molar-refractivity contribution is 7.92. The van der Waals surface area contributed by atoms with Crippen molar-refractivity contribution < 1.29 is 27.1 Å². The first-order valence-electron chi connectivity index (χ1n) is 9.62. The minimum absolute atomic E-state index is 0.0279. The number of carbonyl (C=O) groups is 2. The zero-order chi connectivity index (χ0) is 23.7. The van der Waals surface area contributed by atoms with Crippen molar-refractivity contribution in [2.24, 2.45) is 5.10 Å². The Bertz CT molecular complexity index is 1050. The molecule has 0 unspecified atom stereocenters. The van der Waals surface area contributed by atoms with Gasteiger partial charge in [0, 0.05) is 6.04 Å². The van der Waals surface area contributed by atoms with Crippen molar-refractivity contribution in [2.45, 2.75) is 19.9 Å². The number of hydrogen-bond donors (Lipinski definition) is 2. The van der Waals surface area contributed by atoms with Crippen molar-refractivity contribution >= 4 is 33.7 Å². The van der Waals surface area contributed by atoms with Crippen molar-refractivity contribution in [3.05, 3.63) is 59.9 Å². The molecular formula is C21H25FN4O5S. The fourth-order valence-corrected chi connectivity index (χ4v) is 3.37. The summed E-state index contributed by atoms with van der Waals surface area (Å²) in [6.45, 7) is 3.08. The van der Waals surface area contributed by atoms with E-state index in [2.05, 4.69) is 15.8 Å². The molecule has 0 fully saturated rings. The van der Waals surface area contributed by atoms with Crippen LogP contribution < -0.4 is 19.8 Å². The Morgan fingerprint density at radius 2 is 1.72 bits per heavy atom. The second-order valence-corrected chi connectivity index (χ2v) is 9.03. The van der Waals surface area contributed by atoms with Crippen LogP contribution in [0.15, 0.2) is 53.6 Å². The van der Waals surface area contributed by atoms with Crippen LogP contribution in [0.4, 0.5) is 10.1 Å². The molecule has 2 amide bonds. The first-order valence-corrected chi connectivity index (χ1v) is 11.5. The second kappa shape index (κ2) is 11.2. The number of anilines is 1. The molecule has 2 aromatic rings. The molecule has 32 heavy (non-hydrogen) atoms. The highest BCUT2D eigenvalue weighted by Gasteiger charge is 2.20. The number of rotatable bonds is 10. The summed E-state index contributed by atoms with van der Waals surface area (Å²) in [4.78, 5) is 23.7. The van der Waals surface area contributed by atoms with Gasteiger partial charge < -0.3 is 10.1 Å². The molecule has 0 aliphatic rings. The minimum atomic E-state index is -3.77. The zero-order valence-electron chi connectivity index (χ0n) is 17.9. The third-order valence-corrected chi connectivity index (χ3v) is 5.05. The largest absolute Gasteiger partial charge is 0.484 e. The summed E-state index contributed by atoms with van der Waals surface area (Å²) in [5.74, 6) is -0.927. The highest BCUT2D eigenvalue weighted by Crippen LogP contribution is 2.17. The van der Waals surface area contributed by atoms with E-state index in [9.17, 15) is 22.4 Å². The van der Waals surface area contributed by atoms with Gasteiger partial charge in [-0.25, -0.2) is 18.2 Å². The van der Waals surface area contributed by atoms with Crippen LogP contribution in [-0.2, 0) is 19.6 Å². The van der Waals surface area contributed by atoms with Gasteiger partial charge in [0.2, 0.25) is 10.0 Å². The maximum absolute atomic E-state index is 13.1. The predicted octanol–water partition coefficient (Wildman–Crippen LogP) is 1.65. The number of benzene rings is 2. The van der Waals surface area contributed by atoms with Crippen molar-refractivity contribution in [3.8, 4) is 5.75 Å². The molecule has 2 aromatic carbocycles. The average Bonchev–Trinajstić information content (AvgIpc) is 2.71. The number of hydrazone groups is 1. The van der Waals surface area contributed by atoms with Crippen LogP contribution in [0.25, 0.3) is 0 Å². The van der Waals surface area contributed by atoms with Crippen LogP contribution in [-0.4, -0.2) is 51.9 Å². The molecule has 9 nitrogen and oxygen atoms in total. The van der Waals surface area contributed by atoms with Gasteiger partial charge >= 0.3 is 0 Å². The Hall–Kier alpha value is -3.47. The van der Waals surface area contributed by atoms with Gasteiger partial charge in [-0.05, 0) is 67.9 Å². The molecule has 0 atom stereocenters. The molecule has 11 heteroatoms. The molecule has 172 valence electrons. The molecule has 2 rings (SSSR count). The topological polar surface area (TPSA) is 117 Å². The number of ether oxygens (including phenoxy) is 1. The van der Waals surface area contributed by atoms with E-state index >= 15 is 0 Å². The van der Waals surface area contributed by atoms with Gasteiger partial charge in [0.15, 0.2) is 6.61 Å². The predicted molar refractivity (Wildman–Crippen MR) is 120 cm³/mol. The van der Waals surface area contributed by atoms with E-state index in [0.717, 1.165) is 22.7 Å². The van der Waals surface area contributed by atoms with E-state index in [1.807, 2.05) is 13.8 Å². The fraction of sp³-hybridized carbons (Fsp3) is 0.286. The quantitative estimate of drug-likeness (QED) is 0.410. The van der Waals surface area contributed by atoms with Crippen molar-refractivity contribution in [2.75, 3.05) is 23.7 Å². The molecule has 0 aliphatic carbocycles. The SMILES string of the molecule is CC(C)NC(=O)COc1ccc(/C=N/NC(=O)CN(c2ccc(F)cc2)S(C)(=O)=O)cc1. The van der Waals surface area contributed by atoms with Gasteiger partial charge in [-0.1, -0.05) is 0 Å². The molecular weight excluding hydrogens is 439 g/mol. The second-order valence-electron chi connectivity index (χ2n) is 7.12. The standard InChI is InChI=1S/C21H25FN4O5S/c1-15(2)24-21(28)14-31-19-10-4-16(5-11-19)12-23-25-20(27)13-26(32(3,29)30)18-8-6-17(22)7-9-18/h4-12,15H,13-14H2,1-3H3,(H,24,28)(H,25,27)/b23-12+. The molecule has 0 bridgehead atoms. The van der Waals surface area contributed by atoms with Crippen LogP contribution in [0.5, 0.6) is 5.75 Å². The summed E-state index contributed by atoms with van der Waals surface area (Å²) in [5, 5.41) is 6.53. The number of nitrogens with zero attached hydrogens (tertiary/aromatic N) is 2. The third kappa shape index (κ3) is 8.34. The van der Waals surface area contributed by atoms with Gasteiger partial charge in [0.1, 0.15) is 18.1 Å². The highest BCUT2D eigenvalue weighted by atomic mass is 32.2. The first kappa shape index (κ1) is 24.8. The van der Waals surface area contributed by atoms with Gasteiger partial charge in [0.25, 0.3) is 11.8 Å². The number of amides is 2. The lowest BCUT2D eigenvalue weighted by molar-refractivity contribution is -0.123. The summed E-state index contributed by atoms with van der Waals surface area (Å²) in [5.41, 5.74) is 3.05. The van der Waals surface area contributed by atoms with Gasteiger partial charge in [-0.15, -0.1) is 0 Å². The normalized spacial score (nSPS) is 11.4. The van der Waals surface area contributed by atoms with Gasteiger partial charge in [-0.2, -0.15) is 5.10 Å². The Morgan fingerprint density at radius 3 is 2.28 bits per heavy atom. The van der Waals surface area contributed by atoms with E-state index < -0.39 is 28.3 Å². The number of hydrogen-bond acceptors (Lipinski definition) is 6. The Morgan fingerprint density at radius 1 is 1.09 bits per heavy atom. The number of halogens is 1. The molecule has 0 heterocycles. The molecule has 0 radical (unpaired) electrons. The average molecular weight is 465 g/mol. The lowest BCUT2D eigenvalue weighted by Gasteiger charge is -2.21. The van der Waals surface area contributed by atoms with E-state index in [0.29, 0.717) is 11.3 Å². The molecule has 0 spiro atoms. The van der Waals surface area contributed by atoms with Crippen molar-refractivity contribution in [1.82, 2.24) is 10.7 Å². The van der Waals surface area contributed by atoms with Gasteiger partial charge in [-0.3, -0.25) is 13.9 Å². The number of nitrogens with one attached hydrogen (secondary N) is 2. The molecule has 0 saturated carbocycles. The summed E-state index contributed by atoms with van der Waals surface area (Å²) in [6, 6.07) is 11.4. The number of carbonyl (C=O) groups excluding carboxylic acids is 2.